The van der Waals surface area contributed by atoms with Crippen LogP contribution in [0.3, 0.4) is 0 Å². The SMILES string of the molecule is CC#CCNC(=O)C(N)CCC. The van der Waals surface area contributed by atoms with Gasteiger partial charge in [-0.3, -0.25) is 4.79 Å². The largest absolute Gasteiger partial charge is 0.344 e. The number of nitrogens with two attached hydrogens (primary N) is 1. The van der Waals surface area contributed by atoms with Gasteiger partial charge < -0.3 is 11.1 Å². The predicted octanol–water partition coefficient (Wildman–Crippen LogP) is 0.253. The van der Waals surface area contributed by atoms with Crippen LogP contribution in [0, 0.1) is 11.8 Å². The summed E-state index contributed by atoms with van der Waals surface area (Å²) in [6, 6.07) is -0.381. The van der Waals surface area contributed by atoms with E-state index < -0.39 is 0 Å². The maximum absolute atomic E-state index is 11.1. The third-order valence-corrected chi connectivity index (χ3v) is 1.46. The average molecular weight is 168 g/mol. The maximum atomic E-state index is 11.1. The van der Waals surface area contributed by atoms with Gasteiger partial charge in [0.05, 0.1) is 12.6 Å². The Labute approximate surface area is 73.7 Å². The van der Waals surface area contributed by atoms with Gasteiger partial charge in [-0.25, -0.2) is 0 Å². The molecule has 0 radical (unpaired) electrons. The summed E-state index contributed by atoms with van der Waals surface area (Å²) in [5, 5.41) is 2.63. The number of rotatable bonds is 4. The molecule has 1 unspecified atom stereocenters. The molecule has 0 saturated carbocycles. The van der Waals surface area contributed by atoms with Crippen molar-refractivity contribution in [1.29, 1.82) is 0 Å². The quantitative estimate of drug-likeness (QED) is 0.591. The third-order valence-electron chi connectivity index (χ3n) is 1.46. The van der Waals surface area contributed by atoms with Crippen LogP contribution in [0.25, 0.3) is 0 Å². The van der Waals surface area contributed by atoms with E-state index in [2.05, 4.69) is 17.2 Å². The second-order valence-corrected chi connectivity index (χ2v) is 2.54. The van der Waals surface area contributed by atoms with Gasteiger partial charge in [-0.15, -0.1) is 5.92 Å². The second-order valence-electron chi connectivity index (χ2n) is 2.54. The van der Waals surface area contributed by atoms with Gasteiger partial charge in [0.2, 0.25) is 5.91 Å². The first-order chi connectivity index (χ1) is 5.72. The van der Waals surface area contributed by atoms with Crippen LogP contribution >= 0.6 is 0 Å². The first-order valence-electron chi connectivity index (χ1n) is 4.15. The Morgan fingerprint density at radius 1 is 1.67 bits per heavy atom. The lowest BCUT2D eigenvalue weighted by Crippen LogP contribution is -2.40. The smallest absolute Gasteiger partial charge is 0.237 e. The highest BCUT2D eigenvalue weighted by atomic mass is 16.2. The number of hydrogen-bond donors (Lipinski definition) is 2. The van der Waals surface area contributed by atoms with E-state index in [-0.39, 0.29) is 11.9 Å². The Hall–Kier alpha value is -1.01. The molecule has 0 bridgehead atoms. The zero-order valence-electron chi connectivity index (χ0n) is 7.68. The van der Waals surface area contributed by atoms with Crippen LogP contribution < -0.4 is 11.1 Å². The minimum Gasteiger partial charge on any atom is -0.344 e. The molecule has 0 heterocycles. The van der Waals surface area contributed by atoms with E-state index in [1.807, 2.05) is 6.92 Å². The van der Waals surface area contributed by atoms with Crippen LogP contribution in [0.5, 0.6) is 0 Å². The normalized spacial score (nSPS) is 11.2. The highest BCUT2D eigenvalue weighted by Gasteiger charge is 2.09. The van der Waals surface area contributed by atoms with Gasteiger partial charge in [-0.2, -0.15) is 0 Å². The van der Waals surface area contributed by atoms with Crippen molar-refractivity contribution < 1.29 is 4.79 Å². The molecule has 0 aliphatic carbocycles. The van der Waals surface area contributed by atoms with E-state index in [4.69, 9.17) is 5.73 Å². The minimum atomic E-state index is -0.381. The molecule has 68 valence electrons. The van der Waals surface area contributed by atoms with Crippen molar-refractivity contribution in [3.05, 3.63) is 0 Å². The van der Waals surface area contributed by atoms with Crippen molar-refractivity contribution in [3.8, 4) is 11.8 Å². The van der Waals surface area contributed by atoms with E-state index in [1.165, 1.54) is 0 Å². The van der Waals surface area contributed by atoms with Gasteiger partial charge >= 0.3 is 0 Å². The fourth-order valence-corrected chi connectivity index (χ4v) is 0.793. The van der Waals surface area contributed by atoms with E-state index in [1.54, 1.807) is 6.92 Å². The highest BCUT2D eigenvalue weighted by Crippen LogP contribution is 1.91. The fraction of sp³-hybridized carbons (Fsp3) is 0.667. The number of carbonyl (C=O) groups is 1. The molecule has 0 fully saturated rings. The van der Waals surface area contributed by atoms with Crippen LogP contribution in [0.2, 0.25) is 0 Å². The van der Waals surface area contributed by atoms with E-state index in [0.717, 1.165) is 12.8 Å². The van der Waals surface area contributed by atoms with E-state index >= 15 is 0 Å². The number of amides is 1. The summed E-state index contributed by atoms with van der Waals surface area (Å²) in [4.78, 5) is 11.1. The molecule has 3 N–H and O–H groups in total. The molecule has 0 rings (SSSR count). The Balaban J connectivity index is 3.61. The molecule has 1 atom stereocenters. The first-order valence-corrected chi connectivity index (χ1v) is 4.15. The van der Waals surface area contributed by atoms with Crippen molar-refractivity contribution in [1.82, 2.24) is 5.32 Å². The van der Waals surface area contributed by atoms with Crippen LogP contribution in [0.1, 0.15) is 26.7 Å². The molecule has 0 aliphatic heterocycles. The minimum absolute atomic E-state index is 0.111. The van der Waals surface area contributed by atoms with Crippen LogP contribution in [0.15, 0.2) is 0 Å². The summed E-state index contributed by atoms with van der Waals surface area (Å²) in [7, 11) is 0. The molecule has 0 aromatic carbocycles. The molecule has 0 spiro atoms. The van der Waals surface area contributed by atoms with Gasteiger partial charge in [0.25, 0.3) is 0 Å². The van der Waals surface area contributed by atoms with Crippen molar-refractivity contribution in [2.45, 2.75) is 32.7 Å². The van der Waals surface area contributed by atoms with Crippen LogP contribution in [-0.4, -0.2) is 18.5 Å². The van der Waals surface area contributed by atoms with E-state index in [0.29, 0.717) is 6.54 Å². The molecule has 3 nitrogen and oxygen atoms in total. The standard InChI is InChI=1S/C9H16N2O/c1-3-5-7-11-9(12)8(10)6-4-2/h8H,4,6-7,10H2,1-2H3,(H,11,12). The van der Waals surface area contributed by atoms with Crippen molar-refractivity contribution in [2.24, 2.45) is 5.73 Å². The lowest BCUT2D eigenvalue weighted by atomic mass is 10.2. The van der Waals surface area contributed by atoms with Gasteiger partial charge in [0, 0.05) is 0 Å². The lowest BCUT2D eigenvalue weighted by molar-refractivity contribution is -0.122. The van der Waals surface area contributed by atoms with Crippen LogP contribution in [-0.2, 0) is 4.79 Å². The first kappa shape index (κ1) is 11.0. The molecular formula is C9H16N2O. The molecule has 1 amide bonds. The lowest BCUT2D eigenvalue weighted by Gasteiger charge is -2.08. The molecular weight excluding hydrogens is 152 g/mol. The summed E-state index contributed by atoms with van der Waals surface area (Å²) in [6.45, 7) is 4.13. The van der Waals surface area contributed by atoms with E-state index in [9.17, 15) is 4.79 Å². The number of nitrogens with one attached hydrogen (secondary N) is 1. The van der Waals surface area contributed by atoms with Gasteiger partial charge in [-0.05, 0) is 13.3 Å². The Kier molecular flexibility index (Phi) is 6.12. The van der Waals surface area contributed by atoms with Crippen molar-refractivity contribution in [2.75, 3.05) is 6.54 Å². The topological polar surface area (TPSA) is 55.1 Å². The summed E-state index contributed by atoms with van der Waals surface area (Å²) in [6.07, 6.45) is 1.65. The zero-order valence-corrected chi connectivity index (χ0v) is 7.68. The molecule has 0 saturated heterocycles. The zero-order chi connectivity index (χ0) is 9.40. The maximum Gasteiger partial charge on any atom is 0.237 e. The summed E-state index contributed by atoms with van der Waals surface area (Å²) in [5.41, 5.74) is 5.55. The predicted molar refractivity (Wildman–Crippen MR) is 49.3 cm³/mol. The van der Waals surface area contributed by atoms with Crippen molar-refractivity contribution in [3.63, 3.8) is 0 Å². The molecule has 12 heavy (non-hydrogen) atoms. The Morgan fingerprint density at radius 3 is 2.83 bits per heavy atom. The molecule has 0 aliphatic rings. The monoisotopic (exact) mass is 168 g/mol. The molecule has 3 heteroatoms. The molecule has 0 aromatic heterocycles. The summed E-state index contributed by atoms with van der Waals surface area (Å²) < 4.78 is 0. The summed E-state index contributed by atoms with van der Waals surface area (Å²) in [5.74, 6) is 5.32. The average Bonchev–Trinajstić information content (AvgIpc) is 2.05. The molecule has 0 aromatic rings. The second kappa shape index (κ2) is 6.68. The fourth-order valence-electron chi connectivity index (χ4n) is 0.793. The Morgan fingerprint density at radius 2 is 2.33 bits per heavy atom. The highest BCUT2D eigenvalue weighted by molar-refractivity contribution is 5.81. The number of hydrogen-bond acceptors (Lipinski definition) is 2. The Bertz CT molecular complexity index is 190. The summed E-state index contributed by atoms with van der Waals surface area (Å²) >= 11 is 0. The third kappa shape index (κ3) is 4.75. The van der Waals surface area contributed by atoms with Gasteiger partial charge in [0.1, 0.15) is 0 Å². The number of carbonyl (C=O) groups excluding carboxylic acids is 1. The van der Waals surface area contributed by atoms with Gasteiger partial charge in [-0.1, -0.05) is 19.3 Å². The van der Waals surface area contributed by atoms with Crippen molar-refractivity contribution >= 4 is 5.91 Å². The van der Waals surface area contributed by atoms with Gasteiger partial charge in [0.15, 0.2) is 0 Å². The van der Waals surface area contributed by atoms with Crippen LogP contribution in [0.4, 0.5) is 0 Å².